The normalized spacial score (nSPS) is 17.7. The molecule has 1 aliphatic heterocycles. The largest absolute Gasteiger partial charge is 0.361 e. The number of H-pyrrole nitrogens is 1. The molecule has 4 rings (SSSR count). The molecule has 0 spiro atoms. The fourth-order valence-corrected chi connectivity index (χ4v) is 4.50. The van der Waals surface area contributed by atoms with E-state index >= 15 is 0 Å². The lowest BCUT2D eigenvalue weighted by atomic mass is 10.1. The van der Waals surface area contributed by atoms with E-state index in [4.69, 9.17) is 0 Å². The summed E-state index contributed by atoms with van der Waals surface area (Å²) in [6, 6.07) is 10.8. The predicted octanol–water partition coefficient (Wildman–Crippen LogP) is 4.92. The Morgan fingerprint density at radius 2 is 2.21 bits per heavy atom. The van der Waals surface area contributed by atoms with Crippen molar-refractivity contribution in [2.24, 2.45) is 0 Å². The Balaban J connectivity index is 1.36. The van der Waals surface area contributed by atoms with Crippen LogP contribution in [0.3, 0.4) is 0 Å². The number of fused-ring (bicyclic) bond motifs is 1. The molecule has 1 amide bonds. The van der Waals surface area contributed by atoms with Gasteiger partial charge in [-0.2, -0.15) is 11.3 Å². The first kappa shape index (κ1) is 15.5. The van der Waals surface area contributed by atoms with Crippen molar-refractivity contribution in [2.75, 3.05) is 6.54 Å². The smallest absolute Gasteiger partial charge is 0.223 e. The number of likely N-dealkylation sites (tertiary alicyclic amines) is 1. The molecule has 1 N–H and O–H groups in total. The third-order valence-corrected chi connectivity index (χ3v) is 5.71. The lowest BCUT2D eigenvalue weighted by Crippen LogP contribution is -2.30. The molecule has 1 aliphatic rings. The van der Waals surface area contributed by atoms with E-state index in [9.17, 15) is 4.79 Å². The molecule has 1 atom stereocenters. The minimum atomic E-state index is 0.303. The lowest BCUT2D eigenvalue weighted by molar-refractivity contribution is -0.132. The number of rotatable bonds is 5. The minimum Gasteiger partial charge on any atom is -0.361 e. The molecule has 1 saturated heterocycles. The number of hydrogen-bond donors (Lipinski definition) is 1. The summed E-state index contributed by atoms with van der Waals surface area (Å²) >= 11 is 1.72. The molecule has 1 unspecified atom stereocenters. The van der Waals surface area contributed by atoms with Crippen LogP contribution in [-0.2, 0) is 11.2 Å². The summed E-state index contributed by atoms with van der Waals surface area (Å²) in [7, 11) is 0. The first-order valence-corrected chi connectivity index (χ1v) is 9.64. The van der Waals surface area contributed by atoms with Crippen LogP contribution in [0, 0.1) is 0 Å². The number of thiophene rings is 1. The van der Waals surface area contributed by atoms with E-state index < -0.39 is 0 Å². The van der Waals surface area contributed by atoms with Crippen molar-refractivity contribution in [2.45, 2.75) is 38.1 Å². The number of carbonyl (C=O) groups is 1. The zero-order valence-corrected chi connectivity index (χ0v) is 14.5. The zero-order valence-electron chi connectivity index (χ0n) is 13.7. The maximum absolute atomic E-state index is 12.7. The van der Waals surface area contributed by atoms with Crippen LogP contribution in [0.15, 0.2) is 47.3 Å². The lowest BCUT2D eigenvalue weighted by Gasteiger charge is -2.24. The van der Waals surface area contributed by atoms with Crippen LogP contribution in [0.2, 0.25) is 0 Å². The monoisotopic (exact) mass is 338 g/mol. The molecular weight excluding hydrogens is 316 g/mol. The summed E-state index contributed by atoms with van der Waals surface area (Å²) in [4.78, 5) is 18.1. The maximum Gasteiger partial charge on any atom is 0.223 e. The van der Waals surface area contributed by atoms with Gasteiger partial charge in [-0.25, -0.2) is 0 Å². The highest BCUT2D eigenvalue weighted by atomic mass is 32.1. The number of aromatic nitrogens is 1. The quantitative estimate of drug-likeness (QED) is 0.704. The van der Waals surface area contributed by atoms with Gasteiger partial charge in [0.25, 0.3) is 0 Å². The second-order valence-corrected chi connectivity index (χ2v) is 7.29. The zero-order chi connectivity index (χ0) is 16.4. The fourth-order valence-electron chi connectivity index (χ4n) is 3.79. The van der Waals surface area contributed by atoms with Crippen molar-refractivity contribution in [1.82, 2.24) is 9.88 Å². The average Bonchev–Trinajstić information content (AvgIpc) is 3.34. The van der Waals surface area contributed by atoms with Crippen LogP contribution in [0.1, 0.15) is 42.9 Å². The highest BCUT2D eigenvalue weighted by Gasteiger charge is 2.29. The second kappa shape index (κ2) is 6.81. The van der Waals surface area contributed by atoms with Gasteiger partial charge in [0.2, 0.25) is 5.91 Å². The average molecular weight is 338 g/mol. The van der Waals surface area contributed by atoms with Crippen molar-refractivity contribution in [3.05, 3.63) is 58.4 Å². The van der Waals surface area contributed by atoms with E-state index in [2.05, 4.69) is 51.1 Å². The molecule has 2 aromatic heterocycles. The van der Waals surface area contributed by atoms with Gasteiger partial charge in [-0.05, 0) is 59.7 Å². The van der Waals surface area contributed by atoms with Crippen molar-refractivity contribution in [1.29, 1.82) is 0 Å². The van der Waals surface area contributed by atoms with Crippen molar-refractivity contribution >= 4 is 28.1 Å². The van der Waals surface area contributed by atoms with Crippen LogP contribution >= 0.6 is 11.3 Å². The minimum absolute atomic E-state index is 0.303. The van der Waals surface area contributed by atoms with E-state index in [0.29, 0.717) is 18.4 Å². The van der Waals surface area contributed by atoms with E-state index in [1.807, 2.05) is 6.07 Å². The van der Waals surface area contributed by atoms with Crippen LogP contribution in [0.4, 0.5) is 0 Å². The summed E-state index contributed by atoms with van der Waals surface area (Å²) in [5.41, 5.74) is 3.80. The third-order valence-electron chi connectivity index (χ3n) is 5.01. The molecule has 0 radical (unpaired) electrons. The molecule has 0 bridgehead atoms. The Morgan fingerprint density at radius 3 is 3.08 bits per heavy atom. The molecule has 24 heavy (non-hydrogen) atoms. The van der Waals surface area contributed by atoms with Crippen LogP contribution in [-0.4, -0.2) is 22.3 Å². The number of aromatic amines is 1. The number of aryl methyl sites for hydroxylation is 1. The van der Waals surface area contributed by atoms with Crippen LogP contribution in [0.25, 0.3) is 10.9 Å². The van der Waals surface area contributed by atoms with Gasteiger partial charge in [0.15, 0.2) is 0 Å². The highest BCUT2D eigenvalue weighted by Crippen LogP contribution is 2.33. The summed E-state index contributed by atoms with van der Waals surface area (Å²) in [6.45, 7) is 0.909. The van der Waals surface area contributed by atoms with Gasteiger partial charge in [-0.1, -0.05) is 18.2 Å². The van der Waals surface area contributed by atoms with Crippen molar-refractivity contribution in [3.63, 3.8) is 0 Å². The second-order valence-electron chi connectivity index (χ2n) is 6.51. The standard InChI is InChI=1S/C20H22N2OS/c23-20(22-11-4-8-19(22)16-10-12-24-14-16)9-3-5-15-13-21-18-7-2-1-6-17(15)18/h1-2,6-7,10,12-14,19,21H,3-5,8-9,11H2. The van der Waals surface area contributed by atoms with E-state index in [1.165, 1.54) is 22.0 Å². The first-order valence-electron chi connectivity index (χ1n) is 8.69. The molecule has 3 nitrogen and oxygen atoms in total. The molecule has 1 aromatic carbocycles. The number of nitrogens with one attached hydrogen (secondary N) is 1. The summed E-state index contributed by atoms with van der Waals surface area (Å²) in [6.07, 6.45) is 6.80. The summed E-state index contributed by atoms with van der Waals surface area (Å²) in [5, 5.41) is 5.57. The SMILES string of the molecule is O=C(CCCc1c[nH]c2ccccc12)N1CCCC1c1ccsc1. The van der Waals surface area contributed by atoms with Crippen LogP contribution < -0.4 is 0 Å². The molecule has 0 aliphatic carbocycles. The molecule has 3 heterocycles. The van der Waals surface area contributed by atoms with Crippen molar-refractivity contribution < 1.29 is 4.79 Å². The Hall–Kier alpha value is -2.07. The van der Waals surface area contributed by atoms with Crippen molar-refractivity contribution in [3.8, 4) is 0 Å². The van der Waals surface area contributed by atoms with E-state index in [1.54, 1.807) is 11.3 Å². The number of para-hydroxylation sites is 1. The molecular formula is C20H22N2OS. The van der Waals surface area contributed by atoms with Gasteiger partial charge in [0, 0.05) is 30.1 Å². The highest BCUT2D eigenvalue weighted by molar-refractivity contribution is 7.08. The van der Waals surface area contributed by atoms with Gasteiger partial charge in [-0.3, -0.25) is 4.79 Å². The van der Waals surface area contributed by atoms with E-state index in [-0.39, 0.29) is 0 Å². The molecule has 124 valence electrons. The topological polar surface area (TPSA) is 36.1 Å². The Morgan fingerprint density at radius 1 is 1.29 bits per heavy atom. The Labute approximate surface area is 146 Å². The number of benzene rings is 1. The number of hydrogen-bond acceptors (Lipinski definition) is 2. The maximum atomic E-state index is 12.7. The first-order chi connectivity index (χ1) is 11.8. The van der Waals surface area contributed by atoms with Gasteiger partial charge in [0.1, 0.15) is 0 Å². The summed E-state index contributed by atoms with van der Waals surface area (Å²) in [5.74, 6) is 0.309. The third kappa shape index (κ3) is 2.98. The van der Waals surface area contributed by atoms with Gasteiger partial charge in [0.05, 0.1) is 6.04 Å². The molecule has 3 aromatic rings. The number of nitrogens with zero attached hydrogens (tertiary/aromatic N) is 1. The van der Waals surface area contributed by atoms with Gasteiger partial charge < -0.3 is 9.88 Å². The fraction of sp³-hybridized carbons (Fsp3) is 0.350. The predicted molar refractivity (Wildman–Crippen MR) is 99.2 cm³/mol. The number of amides is 1. The molecule has 4 heteroatoms. The van der Waals surface area contributed by atoms with Gasteiger partial charge >= 0.3 is 0 Å². The number of carbonyl (C=O) groups excluding carboxylic acids is 1. The van der Waals surface area contributed by atoms with Gasteiger partial charge in [-0.15, -0.1) is 0 Å². The van der Waals surface area contributed by atoms with Crippen LogP contribution in [0.5, 0.6) is 0 Å². The summed E-state index contributed by atoms with van der Waals surface area (Å²) < 4.78 is 0. The molecule has 0 saturated carbocycles. The Bertz CT molecular complexity index is 821. The Kier molecular flexibility index (Phi) is 4.39. The van der Waals surface area contributed by atoms with E-state index in [0.717, 1.165) is 32.2 Å². The molecule has 1 fully saturated rings.